The van der Waals surface area contributed by atoms with Crippen molar-refractivity contribution >= 4 is 11.9 Å². The molecule has 0 radical (unpaired) electrons. The van der Waals surface area contributed by atoms with E-state index in [9.17, 15) is 9.59 Å². The number of hydrogen-bond acceptors (Lipinski definition) is 5. The van der Waals surface area contributed by atoms with Crippen LogP contribution in [0.25, 0.3) is 0 Å². The average molecular weight is 236 g/mol. The van der Waals surface area contributed by atoms with Crippen LogP contribution in [-0.2, 0) is 0 Å². The van der Waals surface area contributed by atoms with Gasteiger partial charge in [0.15, 0.2) is 5.69 Å². The molecule has 0 aliphatic carbocycles. The van der Waals surface area contributed by atoms with Crippen molar-refractivity contribution < 1.29 is 14.7 Å². The van der Waals surface area contributed by atoms with E-state index in [1.165, 1.54) is 6.20 Å². The van der Waals surface area contributed by atoms with Gasteiger partial charge >= 0.3 is 5.97 Å². The fourth-order valence-electron chi connectivity index (χ4n) is 1.60. The van der Waals surface area contributed by atoms with Crippen molar-refractivity contribution in [3.63, 3.8) is 0 Å². The highest BCUT2D eigenvalue weighted by atomic mass is 16.4. The maximum Gasteiger partial charge on any atom is 0.356 e. The van der Waals surface area contributed by atoms with Gasteiger partial charge < -0.3 is 15.3 Å². The molecule has 1 aliphatic rings. The third-order valence-corrected chi connectivity index (χ3v) is 2.48. The molecule has 0 bridgehead atoms. The fraction of sp³-hybridized carbons (Fsp3) is 0.400. The Labute approximate surface area is 97.5 Å². The minimum atomic E-state index is -1.19. The van der Waals surface area contributed by atoms with Crippen LogP contribution in [0.3, 0.4) is 0 Å². The third-order valence-electron chi connectivity index (χ3n) is 2.48. The Morgan fingerprint density at radius 2 is 1.88 bits per heavy atom. The molecule has 1 fully saturated rings. The summed E-state index contributed by atoms with van der Waals surface area (Å²) in [4.78, 5) is 31.8. The first-order chi connectivity index (χ1) is 8.18. The van der Waals surface area contributed by atoms with Gasteiger partial charge in [0.25, 0.3) is 5.91 Å². The Morgan fingerprint density at radius 1 is 1.24 bits per heavy atom. The number of aromatic carboxylic acids is 1. The van der Waals surface area contributed by atoms with E-state index in [0.717, 1.165) is 19.3 Å². The highest BCUT2D eigenvalue weighted by Gasteiger charge is 2.20. The van der Waals surface area contributed by atoms with Gasteiger partial charge in [0.05, 0.1) is 12.4 Å². The minimum absolute atomic E-state index is 0.0757. The van der Waals surface area contributed by atoms with Crippen LogP contribution >= 0.6 is 0 Å². The second-order valence-electron chi connectivity index (χ2n) is 3.64. The molecule has 2 heterocycles. The van der Waals surface area contributed by atoms with Crippen LogP contribution in [-0.4, -0.2) is 58.0 Å². The summed E-state index contributed by atoms with van der Waals surface area (Å²) in [7, 11) is 0. The number of hydrogen-bond donors (Lipinski definition) is 2. The molecule has 0 aromatic carbocycles. The Balaban J connectivity index is 2.18. The number of piperazine rings is 1. The molecule has 1 saturated heterocycles. The standard InChI is InChI=1S/C10H12N4O3/c15-9(14-3-1-11-2-4-14)7-5-12-6-8(13-7)10(16)17/h5-6,11H,1-4H2,(H,16,17). The van der Waals surface area contributed by atoms with Crippen molar-refractivity contribution in [3.8, 4) is 0 Å². The number of nitrogens with one attached hydrogen (secondary N) is 1. The van der Waals surface area contributed by atoms with Gasteiger partial charge in [0, 0.05) is 26.2 Å². The molecule has 1 aliphatic heterocycles. The summed E-state index contributed by atoms with van der Waals surface area (Å²) in [5, 5.41) is 11.9. The molecule has 0 unspecified atom stereocenters. The Hall–Kier alpha value is -2.02. The van der Waals surface area contributed by atoms with Gasteiger partial charge in [-0.1, -0.05) is 0 Å². The zero-order valence-corrected chi connectivity index (χ0v) is 9.09. The van der Waals surface area contributed by atoms with Crippen molar-refractivity contribution in [3.05, 3.63) is 23.8 Å². The number of carboxylic acids is 1. The highest BCUT2D eigenvalue weighted by Crippen LogP contribution is 2.03. The number of rotatable bonds is 2. The molecule has 0 spiro atoms. The lowest BCUT2D eigenvalue weighted by Gasteiger charge is -2.26. The lowest BCUT2D eigenvalue weighted by atomic mass is 10.3. The van der Waals surface area contributed by atoms with Crippen LogP contribution in [0, 0.1) is 0 Å². The van der Waals surface area contributed by atoms with E-state index in [1.54, 1.807) is 4.90 Å². The van der Waals surface area contributed by atoms with Crippen molar-refractivity contribution in [2.75, 3.05) is 26.2 Å². The van der Waals surface area contributed by atoms with Gasteiger partial charge in [-0.15, -0.1) is 0 Å². The summed E-state index contributed by atoms with van der Waals surface area (Å²) >= 11 is 0. The Bertz CT molecular complexity index is 443. The van der Waals surface area contributed by atoms with Crippen LogP contribution in [0.15, 0.2) is 12.4 Å². The topological polar surface area (TPSA) is 95.4 Å². The van der Waals surface area contributed by atoms with Crippen molar-refractivity contribution in [1.82, 2.24) is 20.2 Å². The van der Waals surface area contributed by atoms with Gasteiger partial charge in [-0.25, -0.2) is 9.78 Å². The van der Waals surface area contributed by atoms with E-state index in [-0.39, 0.29) is 17.3 Å². The molecule has 0 atom stereocenters. The second kappa shape index (κ2) is 4.88. The SMILES string of the molecule is O=C(O)c1cncc(C(=O)N2CCNCC2)n1. The summed E-state index contributed by atoms with van der Waals surface area (Å²) in [6.45, 7) is 2.66. The zero-order chi connectivity index (χ0) is 12.3. The highest BCUT2D eigenvalue weighted by molar-refractivity contribution is 5.93. The van der Waals surface area contributed by atoms with Crippen molar-refractivity contribution in [2.45, 2.75) is 0 Å². The molecule has 1 aromatic heterocycles. The summed E-state index contributed by atoms with van der Waals surface area (Å²) in [5.74, 6) is -1.46. The smallest absolute Gasteiger partial charge is 0.356 e. The molecule has 1 amide bonds. The molecule has 90 valence electrons. The quantitative estimate of drug-likeness (QED) is 0.699. The summed E-state index contributed by atoms with van der Waals surface area (Å²) in [6, 6.07) is 0. The fourth-order valence-corrected chi connectivity index (χ4v) is 1.60. The maximum absolute atomic E-state index is 12.0. The van der Waals surface area contributed by atoms with Crippen LogP contribution < -0.4 is 5.32 Å². The normalized spacial score (nSPS) is 15.6. The molecule has 17 heavy (non-hydrogen) atoms. The number of carbonyl (C=O) groups is 2. The van der Waals surface area contributed by atoms with Crippen LogP contribution in [0.5, 0.6) is 0 Å². The molecule has 1 aromatic rings. The van der Waals surface area contributed by atoms with Gasteiger partial charge in [0.1, 0.15) is 5.69 Å². The summed E-state index contributed by atoms with van der Waals surface area (Å²) < 4.78 is 0. The molecular formula is C10H12N4O3. The largest absolute Gasteiger partial charge is 0.476 e. The van der Waals surface area contributed by atoms with Gasteiger partial charge in [0.2, 0.25) is 0 Å². The number of nitrogens with zero attached hydrogens (tertiary/aromatic N) is 3. The minimum Gasteiger partial charge on any atom is -0.476 e. The van der Waals surface area contributed by atoms with Crippen LogP contribution in [0.1, 0.15) is 21.0 Å². The zero-order valence-electron chi connectivity index (χ0n) is 9.09. The van der Waals surface area contributed by atoms with Gasteiger partial charge in [-0.05, 0) is 0 Å². The van der Waals surface area contributed by atoms with E-state index in [4.69, 9.17) is 5.11 Å². The Morgan fingerprint density at radius 3 is 2.53 bits per heavy atom. The molecule has 7 nitrogen and oxygen atoms in total. The first kappa shape index (κ1) is 11.5. The predicted octanol–water partition coefficient (Wildman–Crippen LogP) is -0.780. The number of amides is 1. The van der Waals surface area contributed by atoms with E-state index < -0.39 is 5.97 Å². The average Bonchev–Trinajstić information content (AvgIpc) is 2.39. The number of carboxylic acid groups (broad SMARTS) is 1. The number of aromatic nitrogens is 2. The molecular weight excluding hydrogens is 224 g/mol. The van der Waals surface area contributed by atoms with Crippen LogP contribution in [0.2, 0.25) is 0 Å². The van der Waals surface area contributed by atoms with E-state index in [1.807, 2.05) is 0 Å². The summed E-state index contributed by atoms with van der Waals surface area (Å²) in [6.07, 6.45) is 2.41. The Kier molecular flexibility index (Phi) is 3.29. The van der Waals surface area contributed by atoms with E-state index in [0.29, 0.717) is 13.1 Å². The maximum atomic E-state index is 12.0. The monoisotopic (exact) mass is 236 g/mol. The predicted molar refractivity (Wildman–Crippen MR) is 57.8 cm³/mol. The van der Waals surface area contributed by atoms with Gasteiger partial charge in [-0.3, -0.25) is 9.78 Å². The van der Waals surface area contributed by atoms with Crippen molar-refractivity contribution in [1.29, 1.82) is 0 Å². The van der Waals surface area contributed by atoms with E-state index >= 15 is 0 Å². The molecule has 2 N–H and O–H groups in total. The molecule has 0 saturated carbocycles. The van der Waals surface area contributed by atoms with E-state index in [2.05, 4.69) is 15.3 Å². The lowest BCUT2D eigenvalue weighted by molar-refractivity contribution is 0.0688. The van der Waals surface area contributed by atoms with Gasteiger partial charge in [-0.2, -0.15) is 0 Å². The molecule has 7 heteroatoms. The summed E-state index contributed by atoms with van der Waals surface area (Å²) in [5.41, 5.74) is -0.141. The third kappa shape index (κ3) is 2.56. The molecule has 2 rings (SSSR count). The second-order valence-corrected chi connectivity index (χ2v) is 3.64. The first-order valence-corrected chi connectivity index (χ1v) is 5.24. The lowest BCUT2D eigenvalue weighted by Crippen LogP contribution is -2.46. The first-order valence-electron chi connectivity index (χ1n) is 5.24. The number of carbonyl (C=O) groups excluding carboxylic acids is 1. The van der Waals surface area contributed by atoms with Crippen LogP contribution in [0.4, 0.5) is 0 Å². The van der Waals surface area contributed by atoms with Crippen molar-refractivity contribution in [2.24, 2.45) is 0 Å².